The topological polar surface area (TPSA) is 37.5 Å². The van der Waals surface area contributed by atoms with Crippen LogP contribution in [0.4, 0.5) is 0 Å². The molecule has 2 aromatic heterocycles. The molecule has 2 aliphatic carbocycles. The van der Waals surface area contributed by atoms with Gasteiger partial charge in [-0.15, -0.1) is 0 Å². The zero-order valence-electron chi connectivity index (χ0n) is 12.5. The molecule has 3 heteroatoms. The van der Waals surface area contributed by atoms with Crippen LogP contribution < -0.4 is 0 Å². The Balaban J connectivity index is 1.66. The highest BCUT2D eigenvalue weighted by molar-refractivity contribution is 5.59. The lowest BCUT2D eigenvalue weighted by atomic mass is 9.83. The average Bonchev–Trinajstić information content (AvgIpc) is 3.24. The number of hydrogen-bond donors (Lipinski definition) is 1. The maximum absolute atomic E-state index is 10.9. The molecule has 1 atom stereocenters. The summed E-state index contributed by atoms with van der Waals surface area (Å²) in [5.74, 6) is 1.37. The van der Waals surface area contributed by atoms with E-state index in [2.05, 4.69) is 17.2 Å². The molecule has 1 N–H and O–H groups in total. The van der Waals surface area contributed by atoms with Gasteiger partial charge in [0, 0.05) is 11.8 Å². The fourth-order valence-corrected chi connectivity index (χ4v) is 4.00. The van der Waals surface area contributed by atoms with E-state index in [9.17, 15) is 5.11 Å². The highest BCUT2D eigenvalue weighted by atomic mass is 16.3. The summed E-state index contributed by atoms with van der Waals surface area (Å²) in [7, 11) is 0. The van der Waals surface area contributed by atoms with E-state index >= 15 is 0 Å². The minimum absolute atomic E-state index is 0.330. The monoisotopic (exact) mass is 284 g/mol. The number of fused-ring (bicyclic) bond motifs is 1. The summed E-state index contributed by atoms with van der Waals surface area (Å²) in [4.78, 5) is 4.26. The van der Waals surface area contributed by atoms with Gasteiger partial charge < -0.3 is 9.51 Å². The third-order valence-corrected chi connectivity index (χ3v) is 5.30. The number of aliphatic hydroxyl groups excluding tert-OH is 1. The summed E-state index contributed by atoms with van der Waals surface area (Å²) in [5.41, 5.74) is 3.62. The number of hydrogen-bond acceptors (Lipinski definition) is 2. The van der Waals surface area contributed by atoms with E-state index in [0.717, 1.165) is 17.5 Å². The fraction of sp³-hybridized carbons (Fsp3) is 0.611. The molecule has 0 amide bonds. The van der Waals surface area contributed by atoms with Crippen LogP contribution in [-0.4, -0.2) is 14.5 Å². The molecular formula is C18H24N2O. The Labute approximate surface area is 126 Å². The van der Waals surface area contributed by atoms with Crippen molar-refractivity contribution >= 4 is 5.52 Å². The third-order valence-electron chi connectivity index (χ3n) is 5.30. The average molecular weight is 284 g/mol. The highest BCUT2D eigenvalue weighted by Crippen LogP contribution is 2.45. The normalized spacial score (nSPS) is 21.8. The Morgan fingerprint density at radius 3 is 2.76 bits per heavy atom. The van der Waals surface area contributed by atoms with Gasteiger partial charge in [-0.1, -0.05) is 32.1 Å². The predicted octanol–water partition coefficient (Wildman–Crippen LogP) is 4.22. The first-order valence-corrected chi connectivity index (χ1v) is 8.45. The molecule has 2 aliphatic rings. The molecule has 2 aromatic rings. The Bertz CT molecular complexity index is 623. The first-order chi connectivity index (χ1) is 10.3. The molecule has 21 heavy (non-hydrogen) atoms. The van der Waals surface area contributed by atoms with Gasteiger partial charge in [-0.3, -0.25) is 0 Å². The van der Waals surface area contributed by atoms with Crippen LogP contribution in [0.1, 0.15) is 74.5 Å². The number of rotatable bonds is 4. The quantitative estimate of drug-likeness (QED) is 0.913. The summed E-state index contributed by atoms with van der Waals surface area (Å²) >= 11 is 0. The van der Waals surface area contributed by atoms with Crippen LogP contribution in [-0.2, 0) is 0 Å². The van der Waals surface area contributed by atoms with Crippen molar-refractivity contribution in [3.8, 4) is 0 Å². The highest BCUT2D eigenvalue weighted by Gasteiger charge is 2.30. The molecule has 0 aliphatic heterocycles. The number of pyridine rings is 1. The Morgan fingerprint density at radius 1 is 1.19 bits per heavy atom. The van der Waals surface area contributed by atoms with Crippen molar-refractivity contribution in [3.05, 3.63) is 35.9 Å². The van der Waals surface area contributed by atoms with E-state index in [-0.39, 0.29) is 6.10 Å². The molecule has 0 radical (unpaired) electrons. The molecular weight excluding hydrogens is 260 g/mol. The van der Waals surface area contributed by atoms with Gasteiger partial charge in [-0.2, -0.15) is 0 Å². The van der Waals surface area contributed by atoms with E-state index in [1.165, 1.54) is 50.5 Å². The molecule has 4 rings (SSSR count). The van der Waals surface area contributed by atoms with Crippen LogP contribution in [0.3, 0.4) is 0 Å². The molecule has 3 nitrogen and oxygen atoms in total. The lowest BCUT2D eigenvalue weighted by molar-refractivity contribution is 0.131. The van der Waals surface area contributed by atoms with Gasteiger partial charge >= 0.3 is 0 Å². The lowest BCUT2D eigenvalue weighted by Crippen LogP contribution is -2.13. The Morgan fingerprint density at radius 2 is 2.00 bits per heavy atom. The zero-order valence-corrected chi connectivity index (χ0v) is 12.5. The van der Waals surface area contributed by atoms with Crippen molar-refractivity contribution in [2.45, 2.75) is 63.4 Å². The number of imidazole rings is 1. The smallest absolute Gasteiger partial charge is 0.0992 e. The van der Waals surface area contributed by atoms with E-state index in [0.29, 0.717) is 11.8 Å². The van der Waals surface area contributed by atoms with Crippen molar-refractivity contribution in [1.29, 1.82) is 0 Å². The molecule has 2 saturated carbocycles. The van der Waals surface area contributed by atoms with Crippen molar-refractivity contribution in [1.82, 2.24) is 9.38 Å². The third kappa shape index (κ3) is 2.59. The Kier molecular flexibility index (Phi) is 3.46. The summed E-state index contributed by atoms with van der Waals surface area (Å²) in [6.07, 6.45) is 15.6. The largest absolute Gasteiger partial charge is 0.388 e. The van der Waals surface area contributed by atoms with Gasteiger partial charge in [0.25, 0.3) is 0 Å². The molecule has 112 valence electrons. The van der Waals surface area contributed by atoms with Gasteiger partial charge in [0.05, 0.1) is 24.1 Å². The first kappa shape index (κ1) is 13.3. The van der Waals surface area contributed by atoms with E-state index < -0.39 is 0 Å². The second-order valence-electron chi connectivity index (χ2n) is 6.90. The standard InChI is InChI=1S/C18H24N2O/c21-17(10-13-4-2-1-3-5-13)18-15(14-6-7-14)8-9-20-12-19-11-16(18)20/h8-9,11-14,17,21H,1-7,10H2/t17-/m1/s1. The van der Waals surface area contributed by atoms with Crippen LogP contribution in [0.25, 0.3) is 5.52 Å². The minimum Gasteiger partial charge on any atom is -0.388 e. The molecule has 0 spiro atoms. The first-order valence-electron chi connectivity index (χ1n) is 8.45. The van der Waals surface area contributed by atoms with Gasteiger partial charge in [-0.05, 0) is 42.7 Å². The molecule has 0 bridgehead atoms. The predicted molar refractivity (Wildman–Crippen MR) is 83.3 cm³/mol. The fourth-order valence-electron chi connectivity index (χ4n) is 4.00. The zero-order chi connectivity index (χ0) is 14.2. The number of aromatic nitrogens is 2. The maximum atomic E-state index is 10.9. The van der Waals surface area contributed by atoms with Crippen LogP contribution in [0.5, 0.6) is 0 Å². The molecule has 2 heterocycles. The summed E-state index contributed by atoms with van der Waals surface area (Å²) < 4.78 is 2.05. The van der Waals surface area contributed by atoms with E-state index in [1.54, 1.807) is 0 Å². The van der Waals surface area contributed by atoms with Gasteiger partial charge in [0.2, 0.25) is 0 Å². The van der Waals surface area contributed by atoms with Gasteiger partial charge in [0.15, 0.2) is 0 Å². The molecule has 0 aromatic carbocycles. The minimum atomic E-state index is -0.330. The van der Waals surface area contributed by atoms with Crippen LogP contribution >= 0.6 is 0 Å². The van der Waals surface area contributed by atoms with Gasteiger partial charge in [-0.25, -0.2) is 4.98 Å². The van der Waals surface area contributed by atoms with Crippen molar-refractivity contribution in [3.63, 3.8) is 0 Å². The number of nitrogens with zero attached hydrogens (tertiary/aromatic N) is 2. The van der Waals surface area contributed by atoms with E-state index in [4.69, 9.17) is 0 Å². The summed E-state index contributed by atoms with van der Waals surface area (Å²) in [5, 5.41) is 10.9. The van der Waals surface area contributed by atoms with E-state index in [1.807, 2.05) is 16.9 Å². The van der Waals surface area contributed by atoms with Gasteiger partial charge in [0.1, 0.15) is 0 Å². The van der Waals surface area contributed by atoms with Crippen LogP contribution in [0.15, 0.2) is 24.8 Å². The van der Waals surface area contributed by atoms with Crippen molar-refractivity contribution in [2.24, 2.45) is 5.92 Å². The van der Waals surface area contributed by atoms with Crippen LogP contribution in [0.2, 0.25) is 0 Å². The second-order valence-corrected chi connectivity index (χ2v) is 6.90. The summed E-state index contributed by atoms with van der Waals surface area (Å²) in [6, 6.07) is 2.20. The molecule has 2 fully saturated rings. The second kappa shape index (κ2) is 5.45. The SMILES string of the molecule is O[C@H](CC1CCCCC1)c1c(C2CC2)ccn2cncc12. The molecule has 0 unspecified atom stereocenters. The van der Waals surface area contributed by atoms with Crippen molar-refractivity contribution < 1.29 is 5.11 Å². The lowest BCUT2D eigenvalue weighted by Gasteiger charge is -2.25. The summed E-state index contributed by atoms with van der Waals surface area (Å²) in [6.45, 7) is 0. The molecule has 0 saturated heterocycles. The van der Waals surface area contributed by atoms with Crippen molar-refractivity contribution in [2.75, 3.05) is 0 Å². The maximum Gasteiger partial charge on any atom is 0.0992 e. The van der Waals surface area contributed by atoms with Crippen LogP contribution in [0, 0.1) is 5.92 Å². The Hall–Kier alpha value is -1.35. The number of aliphatic hydroxyl groups is 1.